The van der Waals surface area contributed by atoms with Gasteiger partial charge in [-0.25, -0.2) is 9.48 Å². The lowest BCUT2D eigenvalue weighted by Crippen LogP contribution is -2.38. The Labute approximate surface area is 123 Å². The fourth-order valence-corrected chi connectivity index (χ4v) is 2.25. The Morgan fingerprint density at radius 3 is 2.81 bits per heavy atom. The van der Waals surface area contributed by atoms with Crippen molar-refractivity contribution in [3.05, 3.63) is 42.7 Å². The summed E-state index contributed by atoms with van der Waals surface area (Å²) in [5, 5.41) is 16.1. The lowest BCUT2D eigenvalue weighted by Gasteiger charge is -2.21. The number of aliphatic hydroxyl groups excluding tert-OH is 1. The number of carbonyl (C=O) groups is 1. The molecule has 2 amide bonds. The number of amides is 2. The van der Waals surface area contributed by atoms with Gasteiger partial charge in [-0.3, -0.25) is 0 Å². The first-order chi connectivity index (χ1) is 10.3. The molecule has 1 aliphatic rings. The quantitative estimate of drug-likeness (QED) is 0.881. The van der Waals surface area contributed by atoms with Gasteiger partial charge < -0.3 is 15.3 Å². The number of nitrogens with one attached hydrogen (secondary N) is 1. The van der Waals surface area contributed by atoms with Crippen LogP contribution in [0, 0.1) is 0 Å². The number of aliphatic hydroxyl groups is 1. The molecule has 2 N–H and O–H groups in total. The van der Waals surface area contributed by atoms with Crippen LogP contribution < -0.4 is 5.32 Å². The highest BCUT2D eigenvalue weighted by Crippen LogP contribution is 2.27. The van der Waals surface area contributed by atoms with Gasteiger partial charge in [-0.2, -0.15) is 5.10 Å². The minimum atomic E-state index is -0.181. The van der Waals surface area contributed by atoms with Crippen molar-refractivity contribution < 1.29 is 9.90 Å². The molecule has 1 aromatic carbocycles. The van der Waals surface area contributed by atoms with Gasteiger partial charge >= 0.3 is 6.03 Å². The Hall–Kier alpha value is -2.34. The summed E-state index contributed by atoms with van der Waals surface area (Å²) in [5.41, 5.74) is 1.58. The molecule has 110 valence electrons. The number of para-hydroxylation sites is 1. The van der Waals surface area contributed by atoms with Crippen LogP contribution in [0.2, 0.25) is 0 Å². The van der Waals surface area contributed by atoms with Gasteiger partial charge in [0.1, 0.15) is 0 Å². The number of anilines is 1. The molecule has 1 fully saturated rings. The van der Waals surface area contributed by atoms with Crippen molar-refractivity contribution in [3.8, 4) is 5.69 Å². The first kappa shape index (κ1) is 13.6. The molecule has 1 aliphatic carbocycles. The van der Waals surface area contributed by atoms with Crippen LogP contribution in [0.1, 0.15) is 12.8 Å². The zero-order valence-electron chi connectivity index (χ0n) is 11.6. The van der Waals surface area contributed by atoms with E-state index in [1.54, 1.807) is 22.0 Å². The fraction of sp³-hybridized carbons (Fsp3) is 0.333. The molecular weight excluding hydrogens is 268 g/mol. The molecule has 6 heteroatoms. The zero-order valence-corrected chi connectivity index (χ0v) is 11.6. The summed E-state index contributed by atoms with van der Waals surface area (Å²) in [6.07, 6.45) is 5.42. The Balaban J connectivity index is 1.68. The maximum atomic E-state index is 12.2. The number of hydrogen-bond donors (Lipinski definition) is 2. The second-order valence-corrected chi connectivity index (χ2v) is 5.09. The summed E-state index contributed by atoms with van der Waals surface area (Å²) in [7, 11) is 0. The second-order valence-electron chi connectivity index (χ2n) is 5.09. The molecule has 1 saturated carbocycles. The van der Waals surface area contributed by atoms with Gasteiger partial charge in [0.15, 0.2) is 0 Å². The van der Waals surface area contributed by atoms with Crippen molar-refractivity contribution >= 4 is 11.7 Å². The molecule has 0 aliphatic heterocycles. The summed E-state index contributed by atoms with van der Waals surface area (Å²) in [6, 6.07) is 9.79. The Bertz CT molecular complexity index is 607. The van der Waals surface area contributed by atoms with Gasteiger partial charge in [0.2, 0.25) is 0 Å². The smallest absolute Gasteiger partial charge is 0.322 e. The monoisotopic (exact) mass is 286 g/mol. The minimum absolute atomic E-state index is 0.0206. The third kappa shape index (κ3) is 3.22. The Morgan fingerprint density at radius 1 is 1.38 bits per heavy atom. The first-order valence-electron chi connectivity index (χ1n) is 7.06. The number of nitrogens with zero attached hydrogens (tertiary/aromatic N) is 3. The summed E-state index contributed by atoms with van der Waals surface area (Å²) in [4.78, 5) is 13.9. The van der Waals surface area contributed by atoms with Crippen LogP contribution in [0.25, 0.3) is 5.69 Å². The lowest BCUT2D eigenvalue weighted by molar-refractivity contribution is 0.185. The van der Waals surface area contributed by atoms with Crippen LogP contribution in [0.4, 0.5) is 10.5 Å². The maximum Gasteiger partial charge on any atom is 0.322 e. The largest absolute Gasteiger partial charge is 0.395 e. The molecule has 6 nitrogen and oxygen atoms in total. The number of carbonyl (C=O) groups excluding carboxylic acids is 1. The number of aromatic nitrogens is 2. The minimum Gasteiger partial charge on any atom is -0.395 e. The molecule has 0 radical (unpaired) electrons. The van der Waals surface area contributed by atoms with Crippen LogP contribution in [-0.4, -0.2) is 45.0 Å². The van der Waals surface area contributed by atoms with Crippen molar-refractivity contribution in [2.45, 2.75) is 18.9 Å². The van der Waals surface area contributed by atoms with E-state index in [0.29, 0.717) is 12.2 Å². The zero-order chi connectivity index (χ0) is 14.7. The van der Waals surface area contributed by atoms with Crippen molar-refractivity contribution in [1.82, 2.24) is 14.7 Å². The van der Waals surface area contributed by atoms with E-state index in [2.05, 4.69) is 10.4 Å². The van der Waals surface area contributed by atoms with Crippen molar-refractivity contribution in [2.75, 3.05) is 18.5 Å². The van der Waals surface area contributed by atoms with Gasteiger partial charge in [-0.05, 0) is 25.0 Å². The highest BCUT2D eigenvalue weighted by atomic mass is 16.3. The van der Waals surface area contributed by atoms with Crippen LogP contribution in [-0.2, 0) is 0 Å². The number of rotatable bonds is 5. The molecule has 2 aromatic rings. The molecule has 0 bridgehead atoms. The normalized spacial score (nSPS) is 14.0. The fourth-order valence-electron chi connectivity index (χ4n) is 2.25. The highest BCUT2D eigenvalue weighted by molar-refractivity contribution is 5.89. The van der Waals surface area contributed by atoms with Crippen LogP contribution in [0.5, 0.6) is 0 Å². The molecule has 3 rings (SSSR count). The topological polar surface area (TPSA) is 70.4 Å². The van der Waals surface area contributed by atoms with Crippen molar-refractivity contribution in [2.24, 2.45) is 0 Å². The Morgan fingerprint density at radius 2 is 2.14 bits per heavy atom. The Kier molecular flexibility index (Phi) is 3.87. The van der Waals surface area contributed by atoms with Gasteiger partial charge in [-0.1, -0.05) is 18.2 Å². The van der Waals surface area contributed by atoms with Gasteiger partial charge in [0.25, 0.3) is 0 Å². The highest BCUT2D eigenvalue weighted by Gasteiger charge is 2.32. The average molecular weight is 286 g/mol. The second kappa shape index (κ2) is 5.97. The summed E-state index contributed by atoms with van der Waals surface area (Å²) in [6.45, 7) is 0.344. The van der Waals surface area contributed by atoms with Gasteiger partial charge in [0.05, 0.1) is 30.4 Å². The number of urea groups is 1. The van der Waals surface area contributed by atoms with Crippen molar-refractivity contribution in [1.29, 1.82) is 0 Å². The summed E-state index contributed by atoms with van der Waals surface area (Å²) < 4.78 is 1.71. The van der Waals surface area contributed by atoms with Crippen molar-refractivity contribution in [3.63, 3.8) is 0 Å². The maximum absolute atomic E-state index is 12.2. The van der Waals surface area contributed by atoms with E-state index in [1.165, 1.54) is 0 Å². The third-order valence-electron chi connectivity index (χ3n) is 3.44. The molecular formula is C15H18N4O2. The average Bonchev–Trinajstić information content (AvgIpc) is 3.24. The molecule has 0 unspecified atom stereocenters. The lowest BCUT2D eigenvalue weighted by atomic mass is 10.3. The van der Waals surface area contributed by atoms with Gasteiger partial charge in [-0.15, -0.1) is 0 Å². The summed E-state index contributed by atoms with van der Waals surface area (Å²) >= 11 is 0. The van der Waals surface area contributed by atoms with Crippen LogP contribution in [0.3, 0.4) is 0 Å². The molecule has 21 heavy (non-hydrogen) atoms. The third-order valence-corrected chi connectivity index (χ3v) is 3.44. The predicted molar refractivity (Wildman–Crippen MR) is 79.4 cm³/mol. The van der Waals surface area contributed by atoms with E-state index in [0.717, 1.165) is 18.5 Å². The predicted octanol–water partition coefficient (Wildman–Crippen LogP) is 1.86. The van der Waals surface area contributed by atoms with E-state index >= 15 is 0 Å². The molecule has 1 heterocycles. The van der Waals surface area contributed by atoms with E-state index in [4.69, 9.17) is 5.11 Å². The first-order valence-corrected chi connectivity index (χ1v) is 7.06. The molecule has 0 spiro atoms. The van der Waals surface area contributed by atoms with E-state index in [-0.39, 0.29) is 18.7 Å². The van der Waals surface area contributed by atoms with E-state index < -0.39 is 0 Å². The van der Waals surface area contributed by atoms with Crippen LogP contribution in [0.15, 0.2) is 42.7 Å². The SMILES string of the molecule is O=C(Nc1cnn(-c2ccccc2)c1)N(CCO)C1CC1. The van der Waals surface area contributed by atoms with Crippen LogP contribution >= 0.6 is 0 Å². The molecule has 1 aromatic heterocycles. The summed E-state index contributed by atoms with van der Waals surface area (Å²) in [5.74, 6) is 0. The van der Waals surface area contributed by atoms with Gasteiger partial charge in [0, 0.05) is 12.6 Å². The number of hydrogen-bond acceptors (Lipinski definition) is 3. The molecule has 0 atom stereocenters. The van der Waals surface area contributed by atoms with E-state index in [1.807, 2.05) is 30.3 Å². The van der Waals surface area contributed by atoms with E-state index in [9.17, 15) is 4.79 Å². The molecule has 0 saturated heterocycles. The number of benzene rings is 1. The standard InChI is InChI=1S/C15H18N4O2/c20-9-8-18(13-6-7-13)15(21)17-12-10-16-19(11-12)14-4-2-1-3-5-14/h1-5,10-11,13,20H,6-9H2,(H,17,21).